The summed E-state index contributed by atoms with van der Waals surface area (Å²) in [5, 5.41) is 3.52. The van der Waals surface area contributed by atoms with Gasteiger partial charge in [-0.3, -0.25) is 9.80 Å². The summed E-state index contributed by atoms with van der Waals surface area (Å²) < 4.78 is 13.4. The molecule has 2 aliphatic rings. The molecule has 0 radical (unpaired) electrons. The Morgan fingerprint density at radius 3 is 2.50 bits per heavy atom. The number of nitrogens with one attached hydrogen (secondary N) is 1. The summed E-state index contributed by atoms with van der Waals surface area (Å²) in [7, 11) is 2.19. The average Bonchev–Trinajstić information content (AvgIpc) is 2.62. The molecule has 0 aromatic heterocycles. The largest absolute Gasteiger partial charge is 0.314 e. The van der Waals surface area contributed by atoms with Crippen LogP contribution < -0.4 is 5.32 Å². The van der Waals surface area contributed by atoms with E-state index in [1.165, 1.54) is 5.56 Å². The monoisotopic (exact) mass is 334 g/mol. The molecule has 2 heterocycles. The van der Waals surface area contributed by atoms with Crippen molar-refractivity contribution < 1.29 is 4.39 Å². The minimum atomic E-state index is -0.149. The van der Waals surface area contributed by atoms with E-state index in [0.29, 0.717) is 12.1 Å². The van der Waals surface area contributed by atoms with Gasteiger partial charge in [-0.05, 0) is 31.2 Å². The number of benzene rings is 1. The van der Waals surface area contributed by atoms with Gasteiger partial charge < -0.3 is 10.2 Å². The van der Waals surface area contributed by atoms with Gasteiger partial charge in [-0.1, -0.05) is 19.1 Å². The molecule has 0 amide bonds. The normalized spacial score (nSPS) is 25.7. The lowest BCUT2D eigenvalue weighted by atomic mass is 9.99. The summed E-state index contributed by atoms with van der Waals surface area (Å²) in [6.45, 7) is 11.0. The zero-order chi connectivity index (χ0) is 16.9. The molecule has 0 saturated carbocycles. The van der Waals surface area contributed by atoms with Crippen molar-refractivity contribution in [2.45, 2.75) is 25.4 Å². The van der Waals surface area contributed by atoms with Gasteiger partial charge in [0.2, 0.25) is 0 Å². The van der Waals surface area contributed by atoms with Gasteiger partial charge in [-0.25, -0.2) is 4.39 Å². The molecule has 4 nitrogen and oxygen atoms in total. The molecule has 3 rings (SSSR count). The van der Waals surface area contributed by atoms with Gasteiger partial charge in [-0.2, -0.15) is 0 Å². The fourth-order valence-electron chi connectivity index (χ4n) is 3.93. The maximum absolute atomic E-state index is 13.4. The number of hydrogen-bond acceptors (Lipinski definition) is 4. The van der Waals surface area contributed by atoms with Crippen LogP contribution in [0.5, 0.6) is 0 Å². The summed E-state index contributed by atoms with van der Waals surface area (Å²) in [5.74, 6) is -0.149. The van der Waals surface area contributed by atoms with Crippen molar-refractivity contribution in [1.29, 1.82) is 0 Å². The number of rotatable bonds is 5. The molecule has 0 spiro atoms. The van der Waals surface area contributed by atoms with Crippen molar-refractivity contribution in [3.63, 3.8) is 0 Å². The Morgan fingerprint density at radius 2 is 1.83 bits per heavy atom. The molecule has 2 atom stereocenters. The van der Waals surface area contributed by atoms with E-state index in [4.69, 9.17) is 0 Å². The average molecular weight is 334 g/mol. The fraction of sp³-hybridized carbons (Fsp3) is 0.684. The zero-order valence-electron chi connectivity index (χ0n) is 15.0. The van der Waals surface area contributed by atoms with Gasteiger partial charge in [0, 0.05) is 64.4 Å². The molecule has 0 aliphatic carbocycles. The molecule has 2 unspecified atom stereocenters. The molecule has 2 aliphatic heterocycles. The van der Waals surface area contributed by atoms with E-state index >= 15 is 0 Å². The lowest BCUT2D eigenvalue weighted by Gasteiger charge is -2.44. The highest BCUT2D eigenvalue weighted by Crippen LogP contribution is 2.27. The topological polar surface area (TPSA) is 21.8 Å². The molecule has 1 N–H and O–H groups in total. The molecule has 2 saturated heterocycles. The molecule has 1 aromatic rings. The molecule has 134 valence electrons. The van der Waals surface area contributed by atoms with Crippen molar-refractivity contribution in [2.75, 3.05) is 59.4 Å². The summed E-state index contributed by atoms with van der Waals surface area (Å²) in [4.78, 5) is 7.61. The van der Waals surface area contributed by atoms with E-state index in [1.54, 1.807) is 12.1 Å². The van der Waals surface area contributed by atoms with Gasteiger partial charge in [0.25, 0.3) is 0 Å². The van der Waals surface area contributed by atoms with Crippen molar-refractivity contribution in [3.05, 3.63) is 35.6 Å². The quantitative estimate of drug-likeness (QED) is 0.886. The molecule has 24 heavy (non-hydrogen) atoms. The highest BCUT2D eigenvalue weighted by molar-refractivity contribution is 5.21. The van der Waals surface area contributed by atoms with E-state index in [0.717, 1.165) is 58.8 Å². The number of likely N-dealkylation sites (N-methyl/N-ethyl adjacent to an activating group) is 1. The molecule has 5 heteroatoms. The number of piperazine rings is 2. The van der Waals surface area contributed by atoms with Crippen molar-refractivity contribution in [2.24, 2.45) is 0 Å². The van der Waals surface area contributed by atoms with E-state index in [9.17, 15) is 4.39 Å². The Bertz CT molecular complexity index is 499. The second-order valence-electron chi connectivity index (χ2n) is 7.18. The van der Waals surface area contributed by atoms with Crippen LogP contribution in [0.2, 0.25) is 0 Å². The highest BCUT2D eigenvalue weighted by Gasteiger charge is 2.30. The first-order valence-corrected chi connectivity index (χ1v) is 9.30. The first-order chi connectivity index (χ1) is 11.7. The van der Waals surface area contributed by atoms with Gasteiger partial charge in [-0.15, -0.1) is 0 Å². The third-order valence-electron chi connectivity index (χ3n) is 5.55. The molecule has 1 aromatic carbocycles. The zero-order valence-corrected chi connectivity index (χ0v) is 15.0. The Labute approximate surface area is 145 Å². The van der Waals surface area contributed by atoms with E-state index in [2.05, 4.69) is 34.0 Å². The summed E-state index contributed by atoms with van der Waals surface area (Å²) in [6.07, 6.45) is 1.15. The summed E-state index contributed by atoms with van der Waals surface area (Å²) >= 11 is 0. The first kappa shape index (κ1) is 17.8. The predicted molar refractivity (Wildman–Crippen MR) is 96.7 cm³/mol. The SMILES string of the molecule is CCC1CNCCN1C(CN1CCN(C)CC1)c1ccc(F)cc1. The van der Waals surface area contributed by atoms with Crippen LogP contribution in [0.15, 0.2) is 24.3 Å². The Kier molecular flexibility index (Phi) is 6.22. The maximum Gasteiger partial charge on any atom is 0.123 e. The van der Waals surface area contributed by atoms with Gasteiger partial charge >= 0.3 is 0 Å². The van der Waals surface area contributed by atoms with Crippen LogP contribution >= 0.6 is 0 Å². The second kappa shape index (κ2) is 8.39. The van der Waals surface area contributed by atoms with Crippen molar-refractivity contribution >= 4 is 0 Å². The Hall–Kier alpha value is -1.01. The smallest absolute Gasteiger partial charge is 0.123 e. The maximum atomic E-state index is 13.4. The number of nitrogens with zero attached hydrogens (tertiary/aromatic N) is 3. The highest BCUT2D eigenvalue weighted by atomic mass is 19.1. The van der Waals surface area contributed by atoms with Crippen LogP contribution in [-0.4, -0.2) is 80.1 Å². The van der Waals surface area contributed by atoms with Gasteiger partial charge in [0.15, 0.2) is 0 Å². The van der Waals surface area contributed by atoms with Crippen LogP contribution in [-0.2, 0) is 0 Å². The van der Waals surface area contributed by atoms with Crippen LogP contribution in [0.3, 0.4) is 0 Å². The Morgan fingerprint density at radius 1 is 1.12 bits per heavy atom. The van der Waals surface area contributed by atoms with Crippen LogP contribution in [0, 0.1) is 5.82 Å². The third-order valence-corrected chi connectivity index (χ3v) is 5.55. The third kappa shape index (κ3) is 4.33. The van der Waals surface area contributed by atoms with Gasteiger partial charge in [0.05, 0.1) is 0 Å². The lowest BCUT2D eigenvalue weighted by molar-refractivity contribution is 0.0587. The summed E-state index contributed by atoms with van der Waals surface area (Å²) in [6, 6.07) is 8.07. The number of halogens is 1. The predicted octanol–water partition coefficient (Wildman–Crippen LogP) is 1.80. The first-order valence-electron chi connectivity index (χ1n) is 9.30. The lowest BCUT2D eigenvalue weighted by Crippen LogP contribution is -2.55. The molecular weight excluding hydrogens is 303 g/mol. The minimum Gasteiger partial charge on any atom is -0.314 e. The van der Waals surface area contributed by atoms with E-state index in [1.807, 2.05) is 12.1 Å². The van der Waals surface area contributed by atoms with Crippen molar-refractivity contribution in [3.8, 4) is 0 Å². The molecular formula is C19H31FN4. The van der Waals surface area contributed by atoms with Crippen LogP contribution in [0.4, 0.5) is 4.39 Å². The molecule has 2 fully saturated rings. The minimum absolute atomic E-state index is 0.149. The number of hydrogen-bond donors (Lipinski definition) is 1. The fourth-order valence-corrected chi connectivity index (χ4v) is 3.93. The Balaban J connectivity index is 1.78. The van der Waals surface area contributed by atoms with Crippen LogP contribution in [0.25, 0.3) is 0 Å². The second-order valence-corrected chi connectivity index (χ2v) is 7.18. The summed E-state index contributed by atoms with van der Waals surface area (Å²) in [5.41, 5.74) is 1.25. The van der Waals surface area contributed by atoms with Gasteiger partial charge in [0.1, 0.15) is 5.82 Å². The standard InChI is InChI=1S/C19H31FN4/c1-3-18-14-21-8-9-24(18)19(16-4-6-17(20)7-5-16)15-23-12-10-22(2)11-13-23/h4-7,18-19,21H,3,8-15H2,1-2H3. The van der Waals surface area contributed by atoms with E-state index < -0.39 is 0 Å². The van der Waals surface area contributed by atoms with E-state index in [-0.39, 0.29) is 5.82 Å². The van der Waals surface area contributed by atoms with Crippen LogP contribution in [0.1, 0.15) is 24.9 Å². The molecule has 0 bridgehead atoms. The van der Waals surface area contributed by atoms with Crippen molar-refractivity contribution in [1.82, 2.24) is 20.0 Å².